The van der Waals surface area contributed by atoms with Gasteiger partial charge in [0.1, 0.15) is 11.6 Å². The van der Waals surface area contributed by atoms with Crippen LogP contribution >= 0.6 is 0 Å². The van der Waals surface area contributed by atoms with Gasteiger partial charge in [-0.1, -0.05) is 24.3 Å². The monoisotopic (exact) mass is 476 g/mol. The summed E-state index contributed by atoms with van der Waals surface area (Å²) in [5.74, 6) is 0.179. The van der Waals surface area contributed by atoms with Crippen LogP contribution < -0.4 is 20.3 Å². The molecule has 0 saturated carbocycles. The van der Waals surface area contributed by atoms with Gasteiger partial charge < -0.3 is 25.2 Å². The minimum Gasteiger partial charge on any atom is -0.495 e. The molecule has 3 aromatic rings. The van der Waals surface area contributed by atoms with E-state index in [1.165, 1.54) is 6.07 Å². The molecule has 0 atom stereocenters. The third kappa shape index (κ3) is 6.09. The molecule has 0 spiro atoms. The van der Waals surface area contributed by atoms with Crippen LogP contribution in [0.3, 0.4) is 0 Å². The largest absolute Gasteiger partial charge is 0.495 e. The van der Waals surface area contributed by atoms with Crippen molar-refractivity contribution in [3.63, 3.8) is 0 Å². The first-order chi connectivity index (χ1) is 16.9. The van der Waals surface area contributed by atoms with E-state index in [1.807, 2.05) is 49.4 Å². The summed E-state index contributed by atoms with van der Waals surface area (Å²) in [7, 11) is 1.56. The van der Waals surface area contributed by atoms with Gasteiger partial charge in [0, 0.05) is 37.6 Å². The summed E-state index contributed by atoms with van der Waals surface area (Å²) >= 11 is 0. The fourth-order valence-corrected chi connectivity index (χ4v) is 4.09. The molecule has 3 amide bonds. The van der Waals surface area contributed by atoms with Crippen molar-refractivity contribution >= 4 is 29.0 Å². The van der Waals surface area contributed by atoms with Crippen molar-refractivity contribution in [2.75, 3.05) is 48.8 Å². The third-order valence-electron chi connectivity index (χ3n) is 6.03. The summed E-state index contributed by atoms with van der Waals surface area (Å²) in [6.07, 6.45) is 0.0729. The zero-order chi connectivity index (χ0) is 24.8. The van der Waals surface area contributed by atoms with E-state index in [0.29, 0.717) is 48.9 Å². The Bertz CT molecular complexity index is 1190. The van der Waals surface area contributed by atoms with Gasteiger partial charge in [-0.05, 0) is 60.5 Å². The van der Waals surface area contributed by atoms with Crippen molar-refractivity contribution < 1.29 is 18.7 Å². The molecular weight excluding hydrogens is 447 g/mol. The summed E-state index contributed by atoms with van der Waals surface area (Å²) in [6, 6.07) is 19.2. The highest BCUT2D eigenvalue weighted by Crippen LogP contribution is 2.26. The zero-order valence-electron chi connectivity index (χ0n) is 19.9. The lowest BCUT2D eigenvalue weighted by Crippen LogP contribution is -2.49. The number of nitrogens with zero attached hydrogens (tertiary/aromatic N) is 2. The van der Waals surface area contributed by atoms with Gasteiger partial charge in [0.15, 0.2) is 0 Å². The van der Waals surface area contributed by atoms with E-state index >= 15 is 0 Å². The lowest BCUT2D eigenvalue weighted by atomic mass is 10.1. The van der Waals surface area contributed by atoms with Gasteiger partial charge in [-0.3, -0.25) is 4.79 Å². The smallest absolute Gasteiger partial charge is 0.323 e. The first-order valence-electron chi connectivity index (χ1n) is 11.5. The number of anilines is 3. The first-order valence-corrected chi connectivity index (χ1v) is 11.5. The average Bonchev–Trinajstić information content (AvgIpc) is 2.86. The molecule has 2 N–H and O–H groups in total. The third-order valence-corrected chi connectivity index (χ3v) is 6.03. The quantitative estimate of drug-likeness (QED) is 0.542. The molecule has 182 valence electrons. The Labute approximate surface area is 204 Å². The Hall–Kier alpha value is -4.07. The molecule has 0 unspecified atom stereocenters. The van der Waals surface area contributed by atoms with Crippen molar-refractivity contribution in [3.8, 4) is 5.75 Å². The Morgan fingerprint density at radius 1 is 0.943 bits per heavy atom. The van der Waals surface area contributed by atoms with E-state index in [0.717, 1.165) is 11.3 Å². The molecule has 4 rings (SSSR count). The van der Waals surface area contributed by atoms with E-state index in [4.69, 9.17) is 4.74 Å². The van der Waals surface area contributed by atoms with Crippen LogP contribution in [0, 0.1) is 12.7 Å². The van der Waals surface area contributed by atoms with Crippen LogP contribution in [0.5, 0.6) is 5.75 Å². The van der Waals surface area contributed by atoms with Crippen LogP contribution in [-0.4, -0.2) is 50.1 Å². The summed E-state index contributed by atoms with van der Waals surface area (Å²) in [5, 5.41) is 5.65. The number of carbonyl (C=O) groups excluding carboxylic acids is 2. The number of hydrogen-bond donors (Lipinski definition) is 2. The van der Waals surface area contributed by atoms with E-state index in [2.05, 4.69) is 15.5 Å². The van der Waals surface area contributed by atoms with Crippen LogP contribution in [0.25, 0.3) is 0 Å². The average molecular weight is 477 g/mol. The fraction of sp³-hybridized carbons (Fsp3) is 0.259. The molecule has 35 heavy (non-hydrogen) atoms. The molecule has 1 saturated heterocycles. The Balaban J connectivity index is 1.29. The number of carbonyl (C=O) groups is 2. The Kier molecular flexibility index (Phi) is 7.50. The van der Waals surface area contributed by atoms with Crippen LogP contribution in [-0.2, 0) is 11.2 Å². The SMILES string of the molecule is COc1ccc(C)cc1NC(=O)Nc1ccc(N2CCN(C(=O)Cc3ccccc3F)CC2)cc1. The lowest BCUT2D eigenvalue weighted by molar-refractivity contribution is -0.130. The topological polar surface area (TPSA) is 73.9 Å². The van der Waals surface area contributed by atoms with Gasteiger partial charge in [0.05, 0.1) is 19.2 Å². The van der Waals surface area contributed by atoms with Crippen LogP contribution in [0.1, 0.15) is 11.1 Å². The van der Waals surface area contributed by atoms with Crippen LogP contribution in [0.4, 0.5) is 26.2 Å². The number of nitrogens with one attached hydrogen (secondary N) is 2. The summed E-state index contributed by atoms with van der Waals surface area (Å²) < 4.78 is 19.2. The number of amides is 3. The number of ether oxygens (including phenoxy) is 1. The normalized spacial score (nSPS) is 13.3. The molecule has 0 radical (unpaired) electrons. The maximum absolute atomic E-state index is 13.9. The van der Waals surface area contributed by atoms with E-state index in [1.54, 1.807) is 30.2 Å². The van der Waals surface area contributed by atoms with Gasteiger partial charge in [-0.2, -0.15) is 0 Å². The molecule has 1 fully saturated rings. The minimum absolute atomic E-state index is 0.0643. The fourth-order valence-electron chi connectivity index (χ4n) is 4.09. The molecule has 0 bridgehead atoms. The van der Waals surface area contributed by atoms with Crippen molar-refractivity contribution in [3.05, 3.63) is 83.7 Å². The second kappa shape index (κ2) is 10.9. The van der Waals surface area contributed by atoms with Crippen molar-refractivity contribution in [2.45, 2.75) is 13.3 Å². The predicted octanol–water partition coefficient (Wildman–Crippen LogP) is 4.68. The second-order valence-corrected chi connectivity index (χ2v) is 8.47. The number of urea groups is 1. The highest BCUT2D eigenvalue weighted by Gasteiger charge is 2.22. The molecule has 3 aromatic carbocycles. The number of methoxy groups -OCH3 is 1. The van der Waals surface area contributed by atoms with E-state index in [9.17, 15) is 14.0 Å². The second-order valence-electron chi connectivity index (χ2n) is 8.47. The molecular formula is C27H29FN4O3. The Morgan fingerprint density at radius 3 is 2.34 bits per heavy atom. The molecule has 1 heterocycles. The highest BCUT2D eigenvalue weighted by atomic mass is 19.1. The maximum Gasteiger partial charge on any atom is 0.323 e. The maximum atomic E-state index is 13.9. The number of aryl methyl sites for hydroxylation is 1. The van der Waals surface area contributed by atoms with Gasteiger partial charge in [0.25, 0.3) is 0 Å². The summed E-state index contributed by atoms with van der Waals surface area (Å²) in [6.45, 7) is 4.47. The number of hydrogen-bond acceptors (Lipinski definition) is 4. The molecule has 0 aliphatic carbocycles. The van der Waals surface area contributed by atoms with Gasteiger partial charge in [-0.15, -0.1) is 0 Å². The van der Waals surface area contributed by atoms with E-state index < -0.39 is 0 Å². The molecule has 8 heteroatoms. The van der Waals surface area contributed by atoms with Crippen LogP contribution in [0.15, 0.2) is 66.7 Å². The standard InChI is InChI=1S/C27H29FN4O3/c1-19-7-12-25(35-2)24(17-19)30-27(34)29-21-8-10-22(11-9-21)31-13-15-32(16-14-31)26(33)18-20-5-3-4-6-23(20)28/h3-12,17H,13-16,18H2,1-2H3,(H2,29,30,34). The number of halogens is 1. The lowest BCUT2D eigenvalue weighted by Gasteiger charge is -2.36. The zero-order valence-corrected chi connectivity index (χ0v) is 19.9. The minimum atomic E-state index is -0.358. The summed E-state index contributed by atoms with van der Waals surface area (Å²) in [4.78, 5) is 29.0. The van der Waals surface area contributed by atoms with Gasteiger partial charge in [0.2, 0.25) is 5.91 Å². The molecule has 1 aliphatic rings. The Morgan fingerprint density at radius 2 is 1.66 bits per heavy atom. The first kappa shape index (κ1) is 24.1. The highest BCUT2D eigenvalue weighted by molar-refractivity contribution is 6.00. The molecule has 0 aromatic heterocycles. The number of piperazine rings is 1. The molecule has 7 nitrogen and oxygen atoms in total. The van der Waals surface area contributed by atoms with Crippen molar-refractivity contribution in [1.29, 1.82) is 0 Å². The van der Waals surface area contributed by atoms with Gasteiger partial charge >= 0.3 is 6.03 Å². The predicted molar refractivity (Wildman–Crippen MR) is 136 cm³/mol. The number of benzene rings is 3. The van der Waals surface area contributed by atoms with Crippen molar-refractivity contribution in [1.82, 2.24) is 4.90 Å². The number of rotatable bonds is 6. The van der Waals surface area contributed by atoms with Crippen molar-refractivity contribution in [2.24, 2.45) is 0 Å². The van der Waals surface area contributed by atoms with Gasteiger partial charge in [-0.25, -0.2) is 9.18 Å². The van der Waals surface area contributed by atoms with Crippen LogP contribution in [0.2, 0.25) is 0 Å². The van der Waals surface area contributed by atoms with E-state index in [-0.39, 0.29) is 24.2 Å². The molecule has 1 aliphatic heterocycles. The summed E-state index contributed by atoms with van der Waals surface area (Å²) in [5.41, 5.74) is 3.71.